The van der Waals surface area contributed by atoms with E-state index in [-0.39, 0.29) is 24.8 Å². The molecular weight excluding hydrogens is 416 g/mol. The number of benzene rings is 2. The summed E-state index contributed by atoms with van der Waals surface area (Å²) in [4.78, 5) is 30.1. The van der Waals surface area contributed by atoms with E-state index in [1.807, 2.05) is 71.3 Å². The van der Waals surface area contributed by atoms with Crippen LogP contribution in [0.25, 0.3) is 0 Å². The van der Waals surface area contributed by atoms with Crippen molar-refractivity contribution in [1.29, 1.82) is 0 Å². The number of amides is 2. The molecule has 2 aliphatic heterocycles. The van der Waals surface area contributed by atoms with Crippen molar-refractivity contribution in [3.63, 3.8) is 0 Å². The number of para-hydroxylation sites is 1. The van der Waals surface area contributed by atoms with Crippen molar-refractivity contribution in [2.45, 2.75) is 44.6 Å². The lowest BCUT2D eigenvalue weighted by molar-refractivity contribution is -0.166. The van der Waals surface area contributed by atoms with Crippen molar-refractivity contribution in [3.05, 3.63) is 65.7 Å². The maximum Gasteiger partial charge on any atom is 0.227 e. The van der Waals surface area contributed by atoms with E-state index in [1.165, 1.54) is 6.42 Å². The second-order valence-electron chi connectivity index (χ2n) is 9.23. The van der Waals surface area contributed by atoms with Crippen molar-refractivity contribution in [2.24, 2.45) is 0 Å². The molecule has 2 amide bonds. The third kappa shape index (κ3) is 6.35. The molecule has 0 aliphatic carbocycles. The van der Waals surface area contributed by atoms with E-state index in [9.17, 15) is 9.59 Å². The molecule has 2 aromatic rings. The summed E-state index contributed by atoms with van der Waals surface area (Å²) in [5, 5.41) is 0. The van der Waals surface area contributed by atoms with Crippen LogP contribution in [-0.2, 0) is 20.7 Å². The number of morpholine rings is 1. The number of hydrogen-bond donors (Lipinski definition) is 0. The van der Waals surface area contributed by atoms with E-state index in [0.29, 0.717) is 26.1 Å². The Kier molecular flexibility index (Phi) is 7.65. The summed E-state index contributed by atoms with van der Waals surface area (Å²) in [6.07, 6.45) is 3.82. The fourth-order valence-corrected chi connectivity index (χ4v) is 4.67. The fraction of sp³-hybridized carbons (Fsp3) is 0.481. The number of carbonyl (C=O) groups is 2. The highest BCUT2D eigenvalue weighted by Gasteiger charge is 2.42. The minimum Gasteiger partial charge on any atom is -0.490 e. The zero-order valence-corrected chi connectivity index (χ0v) is 19.5. The van der Waals surface area contributed by atoms with E-state index in [2.05, 4.69) is 0 Å². The summed E-state index contributed by atoms with van der Waals surface area (Å²) in [7, 11) is 0. The summed E-state index contributed by atoms with van der Waals surface area (Å²) in [5.41, 5.74) is 1.28. The number of carbonyl (C=O) groups excluding carboxylic acids is 2. The van der Waals surface area contributed by atoms with Crippen molar-refractivity contribution in [3.8, 4) is 5.75 Å². The number of likely N-dealkylation sites (tertiary alicyclic amines) is 1. The Hall–Kier alpha value is -2.86. The number of ether oxygens (including phenoxy) is 2. The number of piperidine rings is 1. The van der Waals surface area contributed by atoms with Gasteiger partial charge in [-0.15, -0.1) is 0 Å². The van der Waals surface area contributed by atoms with Gasteiger partial charge in [-0.05, 0) is 43.9 Å². The second-order valence-corrected chi connectivity index (χ2v) is 9.23. The van der Waals surface area contributed by atoms with Gasteiger partial charge in [0.1, 0.15) is 18.0 Å². The first-order chi connectivity index (χ1) is 16.0. The van der Waals surface area contributed by atoms with Crippen molar-refractivity contribution >= 4 is 11.8 Å². The highest BCUT2D eigenvalue weighted by Crippen LogP contribution is 2.27. The van der Waals surface area contributed by atoms with Gasteiger partial charge in [-0.2, -0.15) is 0 Å². The predicted octanol–water partition coefficient (Wildman–Crippen LogP) is 3.62. The summed E-state index contributed by atoms with van der Waals surface area (Å²) in [5.74, 6) is 0.867. The molecule has 6 nitrogen and oxygen atoms in total. The number of hydrogen-bond acceptors (Lipinski definition) is 4. The molecule has 2 heterocycles. The molecule has 0 radical (unpaired) electrons. The highest BCUT2D eigenvalue weighted by atomic mass is 16.5. The van der Waals surface area contributed by atoms with E-state index in [1.54, 1.807) is 0 Å². The molecule has 0 spiro atoms. The van der Waals surface area contributed by atoms with Gasteiger partial charge in [0.25, 0.3) is 0 Å². The molecule has 1 unspecified atom stereocenters. The van der Waals surface area contributed by atoms with Gasteiger partial charge in [-0.1, -0.05) is 48.0 Å². The van der Waals surface area contributed by atoms with Crippen LogP contribution in [0.3, 0.4) is 0 Å². The number of rotatable bonds is 7. The summed E-state index contributed by atoms with van der Waals surface area (Å²) < 4.78 is 12.3. The van der Waals surface area contributed by atoms with Crippen LogP contribution in [0.2, 0.25) is 0 Å². The smallest absolute Gasteiger partial charge is 0.227 e. The van der Waals surface area contributed by atoms with Crippen molar-refractivity contribution < 1.29 is 19.1 Å². The molecule has 0 bridgehead atoms. The Labute approximate surface area is 196 Å². The van der Waals surface area contributed by atoms with Crippen LogP contribution in [0.4, 0.5) is 0 Å². The van der Waals surface area contributed by atoms with Crippen LogP contribution >= 0.6 is 0 Å². The van der Waals surface area contributed by atoms with Gasteiger partial charge in [-0.3, -0.25) is 9.59 Å². The molecule has 0 saturated carbocycles. The van der Waals surface area contributed by atoms with Gasteiger partial charge in [0.2, 0.25) is 11.8 Å². The van der Waals surface area contributed by atoms with Gasteiger partial charge < -0.3 is 19.3 Å². The first kappa shape index (κ1) is 23.3. The molecule has 4 rings (SSSR count). The Morgan fingerprint density at radius 3 is 2.48 bits per heavy atom. The Balaban J connectivity index is 1.48. The monoisotopic (exact) mass is 450 g/mol. The molecule has 0 N–H and O–H groups in total. The van der Waals surface area contributed by atoms with E-state index in [4.69, 9.17) is 9.47 Å². The second kappa shape index (κ2) is 10.8. The normalized spacial score (nSPS) is 21.0. The molecule has 33 heavy (non-hydrogen) atoms. The quantitative estimate of drug-likeness (QED) is 0.647. The standard InChI is InChI=1S/C27H34N2O4/c1-22-9-8-10-23(17-22)18-25(30)29-15-16-33-27(20-29,21-32-24-11-4-2-5-12-24)19-26(31)28-13-6-3-7-14-28/h2,4-5,8-12,17H,3,6-7,13-16,18-21H2,1H3. The summed E-state index contributed by atoms with van der Waals surface area (Å²) >= 11 is 0. The minimum atomic E-state index is -0.856. The molecule has 176 valence electrons. The maximum absolute atomic E-state index is 13.2. The molecule has 0 aromatic heterocycles. The third-order valence-corrected chi connectivity index (χ3v) is 6.47. The van der Waals surface area contributed by atoms with Gasteiger partial charge in [0.15, 0.2) is 0 Å². The minimum absolute atomic E-state index is 0.0541. The Bertz CT molecular complexity index is 942. The predicted molar refractivity (Wildman–Crippen MR) is 127 cm³/mol. The van der Waals surface area contributed by atoms with Crippen LogP contribution in [0.1, 0.15) is 36.8 Å². The Morgan fingerprint density at radius 1 is 0.939 bits per heavy atom. The number of aryl methyl sites for hydroxylation is 1. The fourth-order valence-electron chi connectivity index (χ4n) is 4.67. The largest absolute Gasteiger partial charge is 0.490 e. The van der Waals surface area contributed by atoms with Crippen LogP contribution in [-0.4, -0.2) is 66.6 Å². The molecule has 2 aliphatic rings. The number of nitrogens with zero attached hydrogens (tertiary/aromatic N) is 2. The molecule has 1 atom stereocenters. The molecular formula is C27H34N2O4. The van der Waals surface area contributed by atoms with Crippen LogP contribution in [0.15, 0.2) is 54.6 Å². The van der Waals surface area contributed by atoms with Gasteiger partial charge in [0.05, 0.1) is 26.0 Å². The average Bonchev–Trinajstić information content (AvgIpc) is 2.84. The first-order valence-electron chi connectivity index (χ1n) is 12.0. The van der Waals surface area contributed by atoms with Crippen molar-refractivity contribution in [1.82, 2.24) is 9.80 Å². The van der Waals surface area contributed by atoms with Gasteiger partial charge in [0, 0.05) is 19.6 Å². The zero-order valence-electron chi connectivity index (χ0n) is 19.5. The van der Waals surface area contributed by atoms with Gasteiger partial charge in [-0.25, -0.2) is 0 Å². The van der Waals surface area contributed by atoms with E-state index >= 15 is 0 Å². The zero-order chi connectivity index (χ0) is 23.1. The lowest BCUT2D eigenvalue weighted by Gasteiger charge is -2.43. The highest BCUT2D eigenvalue weighted by molar-refractivity contribution is 5.80. The molecule has 6 heteroatoms. The average molecular weight is 451 g/mol. The molecule has 2 fully saturated rings. The van der Waals surface area contributed by atoms with E-state index < -0.39 is 5.60 Å². The lowest BCUT2D eigenvalue weighted by Crippen LogP contribution is -2.58. The Morgan fingerprint density at radius 2 is 1.73 bits per heavy atom. The molecule has 2 saturated heterocycles. The van der Waals surface area contributed by atoms with Gasteiger partial charge >= 0.3 is 0 Å². The summed E-state index contributed by atoms with van der Waals surface area (Å²) in [6, 6.07) is 17.6. The topological polar surface area (TPSA) is 59.1 Å². The SMILES string of the molecule is Cc1cccc(CC(=O)N2CCOC(COc3ccccc3)(CC(=O)N3CCCCC3)C2)c1. The lowest BCUT2D eigenvalue weighted by atomic mass is 9.95. The first-order valence-corrected chi connectivity index (χ1v) is 12.0. The summed E-state index contributed by atoms with van der Waals surface area (Å²) in [6.45, 7) is 5.12. The van der Waals surface area contributed by atoms with Crippen molar-refractivity contribution in [2.75, 3.05) is 39.4 Å². The van der Waals surface area contributed by atoms with Crippen LogP contribution < -0.4 is 4.74 Å². The molecule has 2 aromatic carbocycles. The third-order valence-electron chi connectivity index (χ3n) is 6.47. The van der Waals surface area contributed by atoms with Crippen LogP contribution in [0, 0.1) is 6.92 Å². The van der Waals surface area contributed by atoms with Crippen LogP contribution in [0.5, 0.6) is 5.75 Å². The van der Waals surface area contributed by atoms with E-state index in [0.717, 1.165) is 42.8 Å². The maximum atomic E-state index is 13.2.